The van der Waals surface area contributed by atoms with Gasteiger partial charge in [0.2, 0.25) is 0 Å². The Hall–Kier alpha value is -1.34. The van der Waals surface area contributed by atoms with Crippen LogP contribution in [-0.4, -0.2) is 64.6 Å². The summed E-state index contributed by atoms with van der Waals surface area (Å²) in [5, 5.41) is 28.6. The zero-order valence-electron chi connectivity index (χ0n) is 9.93. The average molecular weight is 248 g/mol. The van der Waals surface area contributed by atoms with Crippen molar-refractivity contribution in [3.8, 4) is 0 Å². The summed E-state index contributed by atoms with van der Waals surface area (Å²) < 4.78 is 0. The second kappa shape index (κ2) is 8.77. The molecule has 0 aliphatic heterocycles. The van der Waals surface area contributed by atoms with Gasteiger partial charge in [0.1, 0.15) is 0 Å². The molecule has 0 radical (unpaired) electrons. The van der Waals surface area contributed by atoms with Gasteiger partial charge in [-0.1, -0.05) is 6.92 Å². The average Bonchev–Trinajstić information content (AvgIpc) is 2.28. The van der Waals surface area contributed by atoms with Crippen LogP contribution in [0.1, 0.15) is 19.8 Å². The van der Waals surface area contributed by atoms with E-state index in [0.717, 1.165) is 6.42 Å². The van der Waals surface area contributed by atoms with Gasteiger partial charge in [0.25, 0.3) is 0 Å². The molecule has 2 amide bonds. The number of carbonyl (C=O) groups is 2. The number of aliphatic hydroxyl groups excluding tert-OH is 2. The highest BCUT2D eigenvalue weighted by Crippen LogP contribution is 1.94. The number of hydrogen-bond acceptors (Lipinski definition) is 4. The Kier molecular flexibility index (Phi) is 8.08. The third-order valence-electron chi connectivity index (χ3n) is 2.13. The Balaban J connectivity index is 3.92. The van der Waals surface area contributed by atoms with Gasteiger partial charge in [-0.3, -0.25) is 0 Å². The zero-order valence-corrected chi connectivity index (χ0v) is 9.93. The van der Waals surface area contributed by atoms with Crippen LogP contribution in [0, 0.1) is 0 Å². The second-order valence-electron chi connectivity index (χ2n) is 3.59. The van der Waals surface area contributed by atoms with Gasteiger partial charge in [-0.05, 0) is 6.42 Å². The summed E-state index contributed by atoms with van der Waals surface area (Å²) in [5.74, 6) is -1.31. The summed E-state index contributed by atoms with van der Waals surface area (Å²) in [4.78, 5) is 23.3. The molecule has 0 unspecified atom stereocenters. The maximum absolute atomic E-state index is 11.5. The number of aliphatic carboxylic acids is 1. The number of hydrogen-bond donors (Lipinski definition) is 4. The third-order valence-corrected chi connectivity index (χ3v) is 2.13. The molecule has 0 aromatic carbocycles. The van der Waals surface area contributed by atoms with Crippen LogP contribution in [0.2, 0.25) is 0 Å². The zero-order chi connectivity index (χ0) is 13.3. The maximum Gasteiger partial charge on any atom is 0.332 e. The summed E-state index contributed by atoms with van der Waals surface area (Å²) in [6.07, 6.45) is -0.738. The van der Waals surface area contributed by atoms with Crippen molar-refractivity contribution in [3.05, 3.63) is 0 Å². The Morgan fingerprint density at radius 3 is 2.47 bits per heavy atom. The normalized spacial score (nSPS) is 11.9. The first-order chi connectivity index (χ1) is 8.02. The van der Waals surface area contributed by atoms with Crippen LogP contribution in [0.15, 0.2) is 0 Å². The first-order valence-electron chi connectivity index (χ1n) is 5.57. The lowest BCUT2D eigenvalue weighted by molar-refractivity contribution is -0.146. The minimum atomic E-state index is -1.47. The van der Waals surface area contributed by atoms with Gasteiger partial charge in [0.05, 0.1) is 6.61 Å². The van der Waals surface area contributed by atoms with Crippen molar-refractivity contribution in [1.82, 2.24) is 10.2 Å². The molecule has 7 nitrogen and oxygen atoms in total. The smallest absolute Gasteiger partial charge is 0.332 e. The summed E-state index contributed by atoms with van der Waals surface area (Å²) in [7, 11) is 0. The minimum Gasteiger partial charge on any atom is -0.479 e. The number of rotatable bonds is 8. The van der Waals surface area contributed by atoms with Crippen LogP contribution >= 0.6 is 0 Å². The van der Waals surface area contributed by atoms with Crippen molar-refractivity contribution < 1.29 is 24.9 Å². The fraction of sp³-hybridized carbons (Fsp3) is 0.800. The molecule has 4 N–H and O–H groups in total. The molecule has 1 atom stereocenters. The largest absolute Gasteiger partial charge is 0.479 e. The lowest BCUT2D eigenvalue weighted by Crippen LogP contribution is -2.43. The predicted octanol–water partition coefficient (Wildman–Crippen LogP) is -0.764. The minimum absolute atomic E-state index is 0.0415. The number of carbonyl (C=O) groups excluding carboxylic acids is 1. The van der Waals surface area contributed by atoms with Crippen molar-refractivity contribution in [3.63, 3.8) is 0 Å². The standard InChI is InChI=1S/C10H20N2O5/c1-2-5-12(6-7-13)10(17)11-4-3-8(14)9(15)16/h8,13-14H,2-7H2,1H3,(H,11,17)(H,15,16)/t8-/m0/s1. The molecule has 100 valence electrons. The molecular formula is C10H20N2O5. The molecule has 0 bridgehead atoms. The molecule has 0 aromatic rings. The molecule has 0 rings (SSSR count). The molecule has 7 heteroatoms. The van der Waals surface area contributed by atoms with E-state index in [1.54, 1.807) is 0 Å². The van der Waals surface area contributed by atoms with E-state index >= 15 is 0 Å². The summed E-state index contributed by atoms with van der Waals surface area (Å²) >= 11 is 0. The Bertz CT molecular complexity index is 241. The van der Waals surface area contributed by atoms with Crippen molar-refractivity contribution in [2.24, 2.45) is 0 Å². The van der Waals surface area contributed by atoms with Crippen molar-refractivity contribution in [2.45, 2.75) is 25.9 Å². The molecular weight excluding hydrogens is 228 g/mol. The van der Waals surface area contributed by atoms with Crippen LogP contribution in [-0.2, 0) is 4.79 Å². The van der Waals surface area contributed by atoms with Gasteiger partial charge in [-0.25, -0.2) is 9.59 Å². The number of nitrogens with zero attached hydrogens (tertiary/aromatic N) is 1. The van der Waals surface area contributed by atoms with Crippen molar-refractivity contribution in [2.75, 3.05) is 26.2 Å². The van der Waals surface area contributed by atoms with Gasteiger partial charge in [-0.15, -0.1) is 0 Å². The fourth-order valence-corrected chi connectivity index (χ4v) is 1.26. The summed E-state index contributed by atoms with van der Waals surface area (Å²) in [6, 6.07) is -0.363. The first kappa shape index (κ1) is 15.7. The van der Waals surface area contributed by atoms with Crippen LogP contribution in [0.5, 0.6) is 0 Å². The van der Waals surface area contributed by atoms with Gasteiger partial charge < -0.3 is 25.5 Å². The lowest BCUT2D eigenvalue weighted by Gasteiger charge is -2.21. The Morgan fingerprint density at radius 1 is 1.35 bits per heavy atom. The highest BCUT2D eigenvalue weighted by Gasteiger charge is 2.15. The molecule has 0 saturated carbocycles. The van der Waals surface area contributed by atoms with E-state index in [0.29, 0.717) is 6.54 Å². The van der Waals surface area contributed by atoms with Crippen molar-refractivity contribution in [1.29, 1.82) is 0 Å². The molecule has 0 heterocycles. The van der Waals surface area contributed by atoms with Crippen LogP contribution in [0.25, 0.3) is 0 Å². The van der Waals surface area contributed by atoms with Gasteiger partial charge in [-0.2, -0.15) is 0 Å². The predicted molar refractivity (Wildman–Crippen MR) is 60.6 cm³/mol. The van der Waals surface area contributed by atoms with Gasteiger partial charge in [0.15, 0.2) is 6.10 Å². The topological polar surface area (TPSA) is 110 Å². The van der Waals surface area contributed by atoms with Crippen LogP contribution in [0.4, 0.5) is 4.79 Å². The number of nitrogens with one attached hydrogen (secondary N) is 1. The molecule has 17 heavy (non-hydrogen) atoms. The SMILES string of the molecule is CCCN(CCO)C(=O)NCC[C@H](O)C(=O)O. The van der Waals surface area contributed by atoms with Crippen molar-refractivity contribution >= 4 is 12.0 Å². The molecule has 0 fully saturated rings. The van der Waals surface area contributed by atoms with E-state index in [-0.39, 0.29) is 32.1 Å². The maximum atomic E-state index is 11.5. The number of carboxylic acid groups (broad SMARTS) is 1. The second-order valence-corrected chi connectivity index (χ2v) is 3.59. The molecule has 0 saturated heterocycles. The first-order valence-corrected chi connectivity index (χ1v) is 5.57. The van der Waals surface area contributed by atoms with E-state index < -0.39 is 12.1 Å². The number of amides is 2. The quantitative estimate of drug-likeness (QED) is 0.451. The third kappa shape index (κ3) is 6.75. The Labute approximate surface area is 100 Å². The molecule has 0 aromatic heterocycles. The van der Waals surface area contributed by atoms with E-state index in [1.165, 1.54) is 4.90 Å². The molecule has 0 aliphatic rings. The van der Waals surface area contributed by atoms with E-state index in [4.69, 9.17) is 15.3 Å². The van der Waals surface area contributed by atoms with Gasteiger partial charge in [0, 0.05) is 26.1 Å². The highest BCUT2D eigenvalue weighted by atomic mass is 16.4. The Morgan fingerprint density at radius 2 is 2.00 bits per heavy atom. The monoisotopic (exact) mass is 248 g/mol. The fourth-order valence-electron chi connectivity index (χ4n) is 1.26. The number of aliphatic hydroxyl groups is 2. The number of urea groups is 1. The van der Waals surface area contributed by atoms with E-state index in [9.17, 15) is 9.59 Å². The highest BCUT2D eigenvalue weighted by molar-refractivity contribution is 5.74. The summed E-state index contributed by atoms with van der Waals surface area (Å²) in [6.45, 7) is 2.63. The van der Waals surface area contributed by atoms with Crippen LogP contribution in [0.3, 0.4) is 0 Å². The van der Waals surface area contributed by atoms with E-state index in [1.807, 2.05) is 6.92 Å². The lowest BCUT2D eigenvalue weighted by atomic mass is 10.2. The molecule has 0 aliphatic carbocycles. The molecule has 0 spiro atoms. The van der Waals surface area contributed by atoms with Gasteiger partial charge >= 0.3 is 12.0 Å². The number of carboxylic acids is 1. The summed E-state index contributed by atoms with van der Waals surface area (Å²) in [5.41, 5.74) is 0. The van der Waals surface area contributed by atoms with Crippen LogP contribution < -0.4 is 5.32 Å². The van der Waals surface area contributed by atoms with E-state index in [2.05, 4.69) is 5.32 Å².